The molecule has 2 aromatic rings. The number of hydrogen-bond acceptors (Lipinski definition) is 4. The molecule has 5 nitrogen and oxygen atoms in total. The number of benzene rings is 2. The zero-order chi connectivity index (χ0) is 15.4. The van der Waals surface area contributed by atoms with E-state index in [9.17, 15) is 0 Å². The van der Waals surface area contributed by atoms with Crippen LogP contribution in [0.4, 0.5) is 0 Å². The fourth-order valence-electron chi connectivity index (χ4n) is 2.00. The van der Waals surface area contributed by atoms with Gasteiger partial charge in [-0.3, -0.25) is 5.43 Å². The number of ether oxygens (including phenoxy) is 2. The van der Waals surface area contributed by atoms with E-state index in [4.69, 9.17) is 27.4 Å². The predicted molar refractivity (Wildman–Crippen MR) is 89.2 cm³/mol. The molecule has 6 heteroatoms. The minimum atomic E-state index is 0.140. The minimum Gasteiger partial charge on any atom is -0.493 e. The van der Waals surface area contributed by atoms with Gasteiger partial charge in [0, 0.05) is 0 Å². The van der Waals surface area contributed by atoms with Crippen LogP contribution in [0.1, 0.15) is 12.5 Å². The van der Waals surface area contributed by atoms with Crippen molar-refractivity contribution in [1.29, 1.82) is 0 Å². The summed E-state index contributed by atoms with van der Waals surface area (Å²) >= 11 is 4.73. The van der Waals surface area contributed by atoms with Crippen LogP contribution < -0.4 is 20.6 Å². The van der Waals surface area contributed by atoms with Crippen molar-refractivity contribution in [3.05, 3.63) is 35.9 Å². The van der Waals surface area contributed by atoms with Crippen molar-refractivity contribution >= 4 is 33.8 Å². The molecule has 0 fully saturated rings. The van der Waals surface area contributed by atoms with Crippen molar-refractivity contribution in [2.45, 2.75) is 6.92 Å². The molecule has 0 saturated heterocycles. The van der Waals surface area contributed by atoms with Gasteiger partial charge in [-0.1, -0.05) is 12.1 Å². The van der Waals surface area contributed by atoms with Crippen molar-refractivity contribution in [3.8, 4) is 11.5 Å². The van der Waals surface area contributed by atoms with Gasteiger partial charge in [0.2, 0.25) is 0 Å². The fourth-order valence-corrected chi connectivity index (χ4v) is 2.05. The van der Waals surface area contributed by atoms with Crippen molar-refractivity contribution in [2.75, 3.05) is 14.2 Å². The van der Waals surface area contributed by atoms with Crippen molar-refractivity contribution in [2.24, 2.45) is 10.8 Å². The molecule has 0 radical (unpaired) electrons. The van der Waals surface area contributed by atoms with Crippen molar-refractivity contribution in [1.82, 2.24) is 5.43 Å². The van der Waals surface area contributed by atoms with Gasteiger partial charge in [0.1, 0.15) is 0 Å². The lowest BCUT2D eigenvalue weighted by Gasteiger charge is -2.10. The summed E-state index contributed by atoms with van der Waals surface area (Å²) in [5, 5.41) is 6.36. The second-order valence-corrected chi connectivity index (χ2v) is 4.88. The van der Waals surface area contributed by atoms with E-state index in [0.717, 1.165) is 22.0 Å². The largest absolute Gasteiger partial charge is 0.493 e. The third-order valence-electron chi connectivity index (χ3n) is 3.09. The van der Waals surface area contributed by atoms with Crippen LogP contribution in [-0.4, -0.2) is 25.0 Å². The van der Waals surface area contributed by atoms with Gasteiger partial charge in [0.25, 0.3) is 0 Å². The van der Waals surface area contributed by atoms with Gasteiger partial charge in [0.15, 0.2) is 16.6 Å². The highest BCUT2D eigenvalue weighted by atomic mass is 32.1. The summed E-state index contributed by atoms with van der Waals surface area (Å²) in [7, 11) is 3.24. The SMILES string of the molecule is COc1cc2ccc(/C(C)=N/NC(N)=S)cc2cc1OC. The second kappa shape index (κ2) is 6.41. The normalized spacial score (nSPS) is 11.3. The number of nitrogens with one attached hydrogen (secondary N) is 1. The quantitative estimate of drug-likeness (QED) is 0.516. The standard InChI is InChI=1S/C15H17N3O2S/c1-9(17-18-15(16)21)10-4-5-11-7-13(19-2)14(20-3)8-12(11)6-10/h4-8H,1-3H3,(H3,16,18,21)/b17-9+. The Kier molecular flexibility index (Phi) is 4.59. The second-order valence-electron chi connectivity index (χ2n) is 4.44. The van der Waals surface area contributed by atoms with Crippen LogP contribution in [-0.2, 0) is 0 Å². The van der Waals surface area contributed by atoms with E-state index in [1.807, 2.05) is 37.3 Å². The van der Waals surface area contributed by atoms with Crippen molar-refractivity contribution < 1.29 is 9.47 Å². The lowest BCUT2D eigenvalue weighted by atomic mass is 10.0. The summed E-state index contributed by atoms with van der Waals surface area (Å²) in [6.45, 7) is 1.88. The molecule has 0 unspecified atom stereocenters. The Balaban J connectivity index is 2.46. The lowest BCUT2D eigenvalue weighted by Crippen LogP contribution is -2.25. The number of nitrogens with zero attached hydrogens (tertiary/aromatic N) is 1. The van der Waals surface area contributed by atoms with E-state index in [1.54, 1.807) is 14.2 Å². The van der Waals surface area contributed by atoms with Crippen LogP contribution in [0, 0.1) is 0 Å². The molecule has 0 aliphatic carbocycles. The summed E-state index contributed by atoms with van der Waals surface area (Å²) in [5.74, 6) is 1.40. The molecule has 21 heavy (non-hydrogen) atoms. The first-order chi connectivity index (χ1) is 10.0. The molecule has 0 bridgehead atoms. The Morgan fingerprint density at radius 2 is 1.71 bits per heavy atom. The molecule has 2 aromatic carbocycles. The van der Waals surface area contributed by atoms with Gasteiger partial charge < -0.3 is 15.2 Å². The van der Waals surface area contributed by atoms with Gasteiger partial charge in [0.05, 0.1) is 19.9 Å². The van der Waals surface area contributed by atoms with Crippen LogP contribution in [0.5, 0.6) is 11.5 Å². The molecule has 2 rings (SSSR count). The van der Waals surface area contributed by atoms with E-state index >= 15 is 0 Å². The summed E-state index contributed by atoms with van der Waals surface area (Å²) in [5.41, 5.74) is 9.71. The Labute approximate surface area is 128 Å². The molecule has 0 aromatic heterocycles. The van der Waals surface area contributed by atoms with E-state index in [0.29, 0.717) is 11.5 Å². The van der Waals surface area contributed by atoms with E-state index in [2.05, 4.69) is 10.5 Å². The molecule has 0 atom stereocenters. The Morgan fingerprint density at radius 3 is 2.29 bits per heavy atom. The average Bonchev–Trinajstić information content (AvgIpc) is 2.50. The van der Waals surface area contributed by atoms with Crippen LogP contribution >= 0.6 is 12.2 Å². The third-order valence-corrected chi connectivity index (χ3v) is 3.19. The smallest absolute Gasteiger partial charge is 0.184 e. The van der Waals surface area contributed by atoms with E-state index in [-0.39, 0.29) is 5.11 Å². The first kappa shape index (κ1) is 15.1. The van der Waals surface area contributed by atoms with E-state index in [1.165, 1.54) is 0 Å². The lowest BCUT2D eigenvalue weighted by molar-refractivity contribution is 0.356. The van der Waals surface area contributed by atoms with Gasteiger partial charge in [-0.05, 0) is 53.7 Å². The molecule has 0 heterocycles. The number of rotatable bonds is 4. The Morgan fingerprint density at radius 1 is 1.10 bits per heavy atom. The van der Waals surface area contributed by atoms with Crippen LogP contribution in [0.25, 0.3) is 10.8 Å². The molecular formula is C15H17N3O2S. The maximum Gasteiger partial charge on any atom is 0.184 e. The zero-order valence-corrected chi connectivity index (χ0v) is 13.0. The highest BCUT2D eigenvalue weighted by Crippen LogP contribution is 2.32. The van der Waals surface area contributed by atoms with Gasteiger partial charge in [-0.25, -0.2) is 0 Å². The summed E-state index contributed by atoms with van der Waals surface area (Å²) in [6.07, 6.45) is 0. The molecular weight excluding hydrogens is 286 g/mol. The Bertz CT molecular complexity index is 713. The zero-order valence-electron chi connectivity index (χ0n) is 12.1. The molecule has 3 N–H and O–H groups in total. The fraction of sp³-hybridized carbons (Fsp3) is 0.200. The maximum atomic E-state index is 5.36. The van der Waals surface area contributed by atoms with Crippen LogP contribution in [0.15, 0.2) is 35.4 Å². The minimum absolute atomic E-state index is 0.140. The summed E-state index contributed by atoms with van der Waals surface area (Å²) in [6, 6.07) is 9.89. The van der Waals surface area contributed by atoms with Crippen molar-refractivity contribution in [3.63, 3.8) is 0 Å². The first-order valence-corrected chi connectivity index (χ1v) is 6.72. The molecule has 0 spiro atoms. The van der Waals surface area contributed by atoms with Gasteiger partial charge >= 0.3 is 0 Å². The molecule has 0 amide bonds. The maximum absolute atomic E-state index is 5.36. The number of hydrazone groups is 1. The average molecular weight is 303 g/mol. The van der Waals surface area contributed by atoms with Crippen LogP contribution in [0.2, 0.25) is 0 Å². The number of nitrogens with two attached hydrogens (primary N) is 1. The Hall–Kier alpha value is -2.34. The van der Waals surface area contributed by atoms with Crippen LogP contribution in [0.3, 0.4) is 0 Å². The highest BCUT2D eigenvalue weighted by molar-refractivity contribution is 7.80. The molecule has 0 aliphatic heterocycles. The monoisotopic (exact) mass is 303 g/mol. The number of hydrogen-bond donors (Lipinski definition) is 2. The predicted octanol–water partition coefficient (Wildman–Crippen LogP) is 2.41. The number of thiocarbonyl (C=S) groups is 1. The molecule has 0 saturated carbocycles. The number of methoxy groups -OCH3 is 2. The number of fused-ring (bicyclic) bond motifs is 1. The van der Waals surface area contributed by atoms with E-state index < -0.39 is 0 Å². The topological polar surface area (TPSA) is 68.9 Å². The first-order valence-electron chi connectivity index (χ1n) is 6.31. The van der Waals surface area contributed by atoms with Gasteiger partial charge in [-0.15, -0.1) is 0 Å². The highest BCUT2D eigenvalue weighted by Gasteiger charge is 2.07. The third kappa shape index (κ3) is 3.41. The van der Waals surface area contributed by atoms with Gasteiger partial charge in [-0.2, -0.15) is 5.10 Å². The summed E-state index contributed by atoms with van der Waals surface area (Å²) in [4.78, 5) is 0. The molecule has 110 valence electrons. The summed E-state index contributed by atoms with van der Waals surface area (Å²) < 4.78 is 10.6. The molecule has 0 aliphatic rings.